The van der Waals surface area contributed by atoms with Crippen molar-refractivity contribution in [3.63, 3.8) is 0 Å². The first-order chi connectivity index (χ1) is 9.95. The van der Waals surface area contributed by atoms with Crippen LogP contribution < -0.4 is 5.32 Å². The van der Waals surface area contributed by atoms with E-state index in [1.54, 1.807) is 0 Å². The SMILES string of the molecule is CC(=O)N[C@@H](C=Nc1cnccn1)[C@@H](O)[C@@H](O)[C@H](O)CO. The zero-order valence-corrected chi connectivity index (χ0v) is 11.4. The number of aliphatic imine (C=N–C) groups is 1. The fourth-order valence-electron chi connectivity index (χ4n) is 1.51. The number of nitrogens with one attached hydrogen (secondary N) is 1. The van der Waals surface area contributed by atoms with Gasteiger partial charge in [-0.2, -0.15) is 0 Å². The van der Waals surface area contributed by atoms with Crippen LogP contribution in [0.25, 0.3) is 0 Å². The van der Waals surface area contributed by atoms with E-state index in [2.05, 4.69) is 20.3 Å². The van der Waals surface area contributed by atoms with E-state index in [0.29, 0.717) is 0 Å². The standard InChI is InChI=1S/C12H18N4O5/c1-7(18)16-8(11(20)12(21)9(19)6-17)4-15-10-5-13-2-3-14-10/h2-5,8-9,11-12,17,19-21H,6H2,1H3,(H,16,18)/t8-,9+,11+,12-/m0/s1. The van der Waals surface area contributed by atoms with Crippen molar-refractivity contribution in [2.75, 3.05) is 6.61 Å². The van der Waals surface area contributed by atoms with Gasteiger partial charge in [-0.05, 0) is 0 Å². The fourth-order valence-corrected chi connectivity index (χ4v) is 1.51. The van der Waals surface area contributed by atoms with Crippen LogP contribution in [-0.2, 0) is 4.79 Å². The summed E-state index contributed by atoms with van der Waals surface area (Å²) in [5.74, 6) is -0.215. The van der Waals surface area contributed by atoms with Gasteiger partial charge in [-0.15, -0.1) is 0 Å². The van der Waals surface area contributed by atoms with E-state index >= 15 is 0 Å². The number of nitrogens with zero attached hydrogens (tertiary/aromatic N) is 3. The summed E-state index contributed by atoms with van der Waals surface area (Å²) in [7, 11) is 0. The van der Waals surface area contributed by atoms with Gasteiger partial charge in [0.15, 0.2) is 5.82 Å². The van der Waals surface area contributed by atoms with Gasteiger partial charge >= 0.3 is 0 Å². The molecule has 0 aromatic carbocycles. The number of amides is 1. The first-order valence-electron chi connectivity index (χ1n) is 6.18. The maximum absolute atomic E-state index is 11.1. The molecule has 0 fully saturated rings. The Balaban J connectivity index is 2.84. The van der Waals surface area contributed by atoms with Crippen molar-refractivity contribution in [3.05, 3.63) is 18.6 Å². The third-order valence-corrected chi connectivity index (χ3v) is 2.59. The zero-order chi connectivity index (χ0) is 15.8. The lowest BCUT2D eigenvalue weighted by Crippen LogP contribution is -2.53. The quantitative estimate of drug-likeness (QED) is 0.357. The van der Waals surface area contributed by atoms with Gasteiger partial charge in [-0.3, -0.25) is 9.78 Å². The molecule has 0 bridgehead atoms. The number of carbonyl (C=O) groups excluding carboxylic acids is 1. The Labute approximate surface area is 121 Å². The van der Waals surface area contributed by atoms with Gasteiger partial charge in [0.25, 0.3) is 0 Å². The maximum Gasteiger partial charge on any atom is 0.217 e. The lowest BCUT2D eigenvalue weighted by molar-refractivity contribution is -0.121. The molecule has 0 saturated heterocycles. The smallest absolute Gasteiger partial charge is 0.217 e. The fraction of sp³-hybridized carbons (Fsp3) is 0.500. The normalized spacial score (nSPS) is 17.2. The van der Waals surface area contributed by atoms with Crippen LogP contribution in [0.3, 0.4) is 0 Å². The summed E-state index contributed by atoms with van der Waals surface area (Å²) in [5, 5.41) is 40.1. The Morgan fingerprint density at radius 2 is 2.10 bits per heavy atom. The van der Waals surface area contributed by atoms with Crippen molar-refractivity contribution in [1.29, 1.82) is 0 Å². The largest absolute Gasteiger partial charge is 0.394 e. The lowest BCUT2D eigenvalue weighted by Gasteiger charge is -2.26. The molecule has 1 aromatic rings. The molecule has 0 unspecified atom stereocenters. The Morgan fingerprint density at radius 3 is 2.62 bits per heavy atom. The van der Waals surface area contributed by atoms with Crippen molar-refractivity contribution in [1.82, 2.24) is 15.3 Å². The lowest BCUT2D eigenvalue weighted by atomic mass is 10.0. The predicted molar refractivity (Wildman–Crippen MR) is 72.9 cm³/mol. The molecule has 5 N–H and O–H groups in total. The second-order valence-electron chi connectivity index (χ2n) is 4.30. The van der Waals surface area contributed by atoms with Crippen LogP contribution in [0.4, 0.5) is 5.82 Å². The number of aliphatic hydroxyl groups excluding tert-OH is 4. The predicted octanol–water partition coefficient (Wildman–Crippen LogP) is -2.24. The molecule has 0 aliphatic heterocycles. The van der Waals surface area contributed by atoms with E-state index in [0.717, 1.165) is 0 Å². The zero-order valence-electron chi connectivity index (χ0n) is 11.4. The Bertz CT molecular complexity index is 470. The van der Waals surface area contributed by atoms with Gasteiger partial charge < -0.3 is 25.7 Å². The van der Waals surface area contributed by atoms with Crippen LogP contribution in [-0.4, -0.2) is 73.5 Å². The van der Waals surface area contributed by atoms with Gasteiger partial charge in [0.05, 0.1) is 18.8 Å². The van der Waals surface area contributed by atoms with Gasteiger partial charge in [-0.25, -0.2) is 9.98 Å². The highest BCUT2D eigenvalue weighted by atomic mass is 16.4. The molecule has 1 aromatic heterocycles. The average molecular weight is 298 g/mol. The van der Waals surface area contributed by atoms with Crippen molar-refractivity contribution >= 4 is 17.9 Å². The second kappa shape index (κ2) is 8.37. The van der Waals surface area contributed by atoms with E-state index in [4.69, 9.17) is 5.11 Å². The van der Waals surface area contributed by atoms with Crippen LogP contribution in [0.1, 0.15) is 6.92 Å². The minimum atomic E-state index is -1.65. The number of aromatic nitrogens is 2. The molecular weight excluding hydrogens is 280 g/mol. The number of hydrogen-bond acceptors (Lipinski definition) is 8. The molecule has 0 radical (unpaired) electrons. The van der Waals surface area contributed by atoms with Crippen molar-refractivity contribution in [2.45, 2.75) is 31.3 Å². The Kier molecular flexibility index (Phi) is 6.82. The molecular formula is C12H18N4O5. The third-order valence-electron chi connectivity index (χ3n) is 2.59. The number of hydrogen-bond donors (Lipinski definition) is 5. The summed E-state index contributed by atoms with van der Waals surface area (Å²) in [5.41, 5.74) is 0. The van der Waals surface area contributed by atoms with Crippen LogP contribution in [0, 0.1) is 0 Å². The summed E-state index contributed by atoms with van der Waals surface area (Å²) in [6.45, 7) is 0.497. The van der Waals surface area contributed by atoms with Crippen LogP contribution in [0.5, 0.6) is 0 Å². The summed E-state index contributed by atoms with van der Waals surface area (Å²) >= 11 is 0. The number of carbonyl (C=O) groups is 1. The molecule has 1 rings (SSSR count). The van der Waals surface area contributed by atoms with Gasteiger partial charge in [0, 0.05) is 25.5 Å². The van der Waals surface area contributed by atoms with Crippen LogP contribution in [0.15, 0.2) is 23.6 Å². The second-order valence-corrected chi connectivity index (χ2v) is 4.30. The van der Waals surface area contributed by atoms with Crippen molar-refractivity contribution < 1.29 is 25.2 Å². The van der Waals surface area contributed by atoms with E-state index in [-0.39, 0.29) is 5.82 Å². The highest BCUT2D eigenvalue weighted by Crippen LogP contribution is 2.07. The van der Waals surface area contributed by atoms with Crippen LogP contribution in [0.2, 0.25) is 0 Å². The first-order valence-corrected chi connectivity index (χ1v) is 6.18. The summed E-state index contributed by atoms with van der Waals surface area (Å²) in [6.07, 6.45) is 0.662. The molecule has 0 saturated carbocycles. The maximum atomic E-state index is 11.1. The molecule has 9 nitrogen and oxygen atoms in total. The minimum Gasteiger partial charge on any atom is -0.394 e. The number of rotatable bonds is 7. The average Bonchev–Trinajstić information content (AvgIpc) is 2.49. The van der Waals surface area contributed by atoms with Gasteiger partial charge in [0.2, 0.25) is 5.91 Å². The molecule has 116 valence electrons. The highest BCUT2D eigenvalue weighted by molar-refractivity contribution is 5.79. The molecule has 1 amide bonds. The molecule has 9 heteroatoms. The molecule has 0 aliphatic carbocycles. The van der Waals surface area contributed by atoms with Crippen LogP contribution >= 0.6 is 0 Å². The molecule has 1 heterocycles. The Morgan fingerprint density at radius 1 is 1.38 bits per heavy atom. The first kappa shape index (κ1) is 17.1. The molecule has 4 atom stereocenters. The van der Waals surface area contributed by atoms with Gasteiger partial charge in [-0.1, -0.05) is 0 Å². The molecule has 0 spiro atoms. The topological polar surface area (TPSA) is 148 Å². The highest BCUT2D eigenvalue weighted by Gasteiger charge is 2.30. The minimum absolute atomic E-state index is 0.247. The van der Waals surface area contributed by atoms with Crippen molar-refractivity contribution in [3.8, 4) is 0 Å². The van der Waals surface area contributed by atoms with Gasteiger partial charge in [0.1, 0.15) is 18.3 Å². The Hall–Kier alpha value is -1.94. The van der Waals surface area contributed by atoms with E-state index in [1.807, 2.05) is 0 Å². The summed E-state index contributed by atoms with van der Waals surface area (Å²) in [6, 6.07) is -1.07. The van der Waals surface area contributed by atoms with E-state index < -0.39 is 36.9 Å². The monoisotopic (exact) mass is 298 g/mol. The van der Waals surface area contributed by atoms with Crippen molar-refractivity contribution in [2.24, 2.45) is 4.99 Å². The third kappa shape index (κ3) is 5.52. The summed E-state index contributed by atoms with van der Waals surface area (Å²) in [4.78, 5) is 22.7. The summed E-state index contributed by atoms with van der Waals surface area (Å²) < 4.78 is 0. The molecule has 21 heavy (non-hydrogen) atoms. The van der Waals surface area contributed by atoms with E-state index in [1.165, 1.54) is 31.7 Å². The number of aliphatic hydroxyl groups is 4. The molecule has 0 aliphatic rings. The van der Waals surface area contributed by atoms with E-state index in [9.17, 15) is 20.1 Å².